The summed E-state index contributed by atoms with van der Waals surface area (Å²) in [4.78, 5) is 29.5. The second-order valence-electron chi connectivity index (χ2n) is 5.58. The van der Waals surface area contributed by atoms with Gasteiger partial charge in [0, 0.05) is 25.0 Å². The minimum Gasteiger partial charge on any atom is -0.393 e. The maximum absolute atomic E-state index is 12.3. The fourth-order valence-electron chi connectivity index (χ4n) is 2.66. The lowest BCUT2D eigenvalue weighted by atomic mass is 9.75. The first-order chi connectivity index (χ1) is 10.5. The van der Waals surface area contributed by atoms with Crippen LogP contribution >= 0.6 is 0 Å². The minimum atomic E-state index is -0.369. The van der Waals surface area contributed by atoms with E-state index in [0.29, 0.717) is 12.8 Å². The van der Waals surface area contributed by atoms with Gasteiger partial charge in [-0.1, -0.05) is 0 Å². The number of H-pyrrole nitrogens is 1. The van der Waals surface area contributed by atoms with Crippen molar-refractivity contribution in [3.8, 4) is 0 Å². The van der Waals surface area contributed by atoms with Crippen LogP contribution < -0.4 is 10.9 Å². The molecule has 0 spiro atoms. The molecule has 116 valence electrons. The number of aromatic nitrogens is 4. The van der Waals surface area contributed by atoms with Crippen LogP contribution in [0.15, 0.2) is 29.6 Å². The fourth-order valence-corrected chi connectivity index (χ4v) is 2.66. The number of carbonyl (C=O) groups excluding carboxylic acids is 1. The molecule has 3 N–H and O–H groups in total. The van der Waals surface area contributed by atoms with Gasteiger partial charge in [-0.3, -0.25) is 14.3 Å². The van der Waals surface area contributed by atoms with Crippen molar-refractivity contribution in [3.63, 3.8) is 0 Å². The maximum Gasteiger partial charge on any atom is 0.271 e. The molecule has 2 aromatic heterocycles. The number of aliphatic hydroxyl groups is 1. The zero-order chi connectivity index (χ0) is 15.7. The van der Waals surface area contributed by atoms with Gasteiger partial charge < -0.3 is 15.4 Å². The largest absolute Gasteiger partial charge is 0.393 e. The van der Waals surface area contributed by atoms with Crippen LogP contribution in [0.5, 0.6) is 0 Å². The molecule has 2 heterocycles. The second kappa shape index (κ2) is 5.72. The van der Waals surface area contributed by atoms with E-state index in [1.54, 1.807) is 10.9 Å². The number of hydrogen-bond donors (Lipinski definition) is 3. The van der Waals surface area contributed by atoms with Gasteiger partial charge in [-0.05, 0) is 18.8 Å². The van der Waals surface area contributed by atoms with Crippen LogP contribution in [0.4, 0.5) is 0 Å². The van der Waals surface area contributed by atoms with Gasteiger partial charge >= 0.3 is 0 Å². The Morgan fingerprint density at radius 2 is 2.27 bits per heavy atom. The molecule has 1 aliphatic rings. The highest BCUT2D eigenvalue weighted by Crippen LogP contribution is 2.38. The first kappa shape index (κ1) is 14.5. The summed E-state index contributed by atoms with van der Waals surface area (Å²) in [5.41, 5.74) is 0.674. The van der Waals surface area contributed by atoms with Crippen LogP contribution in [-0.2, 0) is 7.05 Å². The molecule has 22 heavy (non-hydrogen) atoms. The van der Waals surface area contributed by atoms with Gasteiger partial charge in [-0.15, -0.1) is 0 Å². The third-order valence-corrected chi connectivity index (χ3v) is 3.90. The SMILES string of the molecule is Cn1cc([C@H](NC(=O)c2c[nH]c(=O)cn2)C2CC(O)C2)cn1. The predicted octanol–water partition coefficient (Wildman–Crippen LogP) is -0.255. The Morgan fingerprint density at radius 1 is 1.50 bits per heavy atom. The fraction of sp³-hybridized carbons (Fsp3) is 0.429. The summed E-state index contributed by atoms with van der Waals surface area (Å²) in [5.74, 6) is -0.211. The van der Waals surface area contributed by atoms with Crippen LogP contribution in [0.25, 0.3) is 0 Å². The number of amides is 1. The van der Waals surface area contributed by atoms with Gasteiger partial charge in [0.1, 0.15) is 5.69 Å². The highest BCUT2D eigenvalue weighted by Gasteiger charge is 2.36. The summed E-state index contributed by atoms with van der Waals surface area (Å²) in [5, 5.41) is 16.6. The van der Waals surface area contributed by atoms with Crippen molar-refractivity contribution in [3.05, 3.63) is 46.4 Å². The molecule has 0 aromatic carbocycles. The van der Waals surface area contributed by atoms with E-state index in [0.717, 1.165) is 11.8 Å². The summed E-state index contributed by atoms with van der Waals surface area (Å²) in [7, 11) is 1.81. The molecule has 0 aliphatic heterocycles. The number of rotatable bonds is 4. The zero-order valence-electron chi connectivity index (χ0n) is 12.1. The Kier molecular flexibility index (Phi) is 3.76. The minimum absolute atomic E-state index is 0.147. The lowest BCUT2D eigenvalue weighted by Gasteiger charge is -2.37. The molecule has 1 atom stereocenters. The lowest BCUT2D eigenvalue weighted by Crippen LogP contribution is -2.41. The van der Waals surface area contributed by atoms with Gasteiger partial charge in [-0.2, -0.15) is 5.10 Å². The first-order valence-corrected chi connectivity index (χ1v) is 7.05. The van der Waals surface area contributed by atoms with Crippen molar-refractivity contribution in [2.45, 2.75) is 25.0 Å². The van der Waals surface area contributed by atoms with E-state index in [2.05, 4.69) is 20.4 Å². The maximum atomic E-state index is 12.3. The van der Waals surface area contributed by atoms with E-state index in [9.17, 15) is 14.7 Å². The van der Waals surface area contributed by atoms with Crippen LogP contribution in [0, 0.1) is 5.92 Å². The lowest BCUT2D eigenvalue weighted by molar-refractivity contribution is 0.0234. The summed E-state index contributed by atoms with van der Waals surface area (Å²) >= 11 is 0. The van der Waals surface area contributed by atoms with Crippen LogP contribution in [0.3, 0.4) is 0 Å². The number of nitrogens with zero attached hydrogens (tertiary/aromatic N) is 3. The number of aryl methyl sites for hydroxylation is 1. The van der Waals surface area contributed by atoms with E-state index in [4.69, 9.17) is 0 Å². The number of aromatic amines is 1. The second-order valence-corrected chi connectivity index (χ2v) is 5.58. The van der Waals surface area contributed by atoms with E-state index >= 15 is 0 Å². The molecular weight excluding hydrogens is 286 g/mol. The van der Waals surface area contributed by atoms with Crippen LogP contribution in [0.1, 0.15) is 34.9 Å². The smallest absolute Gasteiger partial charge is 0.271 e. The molecule has 1 saturated carbocycles. The quantitative estimate of drug-likeness (QED) is 0.720. The molecule has 8 nitrogen and oxygen atoms in total. The van der Waals surface area contributed by atoms with E-state index in [1.165, 1.54) is 6.20 Å². The molecule has 2 aromatic rings. The molecule has 8 heteroatoms. The van der Waals surface area contributed by atoms with Crippen molar-refractivity contribution in [1.29, 1.82) is 0 Å². The molecule has 3 rings (SSSR count). The first-order valence-electron chi connectivity index (χ1n) is 7.05. The van der Waals surface area contributed by atoms with Gasteiger partial charge in [0.15, 0.2) is 0 Å². The average molecular weight is 303 g/mol. The molecule has 0 bridgehead atoms. The standard InChI is InChI=1S/C14H17N5O3/c1-19-7-9(4-17-19)13(8-2-10(20)3-8)18-14(22)11-5-16-12(21)6-15-11/h4-8,10,13,20H,2-3H2,1H3,(H,16,21)(H,18,22)/t8?,10?,13-/m1/s1. The van der Waals surface area contributed by atoms with E-state index in [-0.39, 0.29) is 35.2 Å². The van der Waals surface area contributed by atoms with Gasteiger partial charge in [-0.25, -0.2) is 4.98 Å². The Hall–Kier alpha value is -2.48. The molecule has 0 saturated heterocycles. The third-order valence-electron chi connectivity index (χ3n) is 3.90. The Morgan fingerprint density at radius 3 is 2.82 bits per heavy atom. The average Bonchev–Trinajstić information content (AvgIpc) is 2.89. The molecule has 1 fully saturated rings. The topological polar surface area (TPSA) is 113 Å². The molecular formula is C14H17N5O3. The number of aliphatic hydroxyl groups excluding tert-OH is 1. The Labute approximate surface area is 126 Å². The Balaban J connectivity index is 1.79. The summed E-state index contributed by atoms with van der Waals surface area (Å²) in [6.45, 7) is 0. The highest BCUT2D eigenvalue weighted by atomic mass is 16.3. The molecule has 0 unspecified atom stereocenters. The predicted molar refractivity (Wildman–Crippen MR) is 77.0 cm³/mol. The highest BCUT2D eigenvalue weighted by molar-refractivity contribution is 5.92. The molecule has 1 amide bonds. The van der Waals surface area contributed by atoms with Crippen molar-refractivity contribution in [2.24, 2.45) is 13.0 Å². The van der Waals surface area contributed by atoms with Crippen LogP contribution in [-0.4, -0.2) is 36.9 Å². The van der Waals surface area contributed by atoms with Gasteiger partial charge in [0.2, 0.25) is 0 Å². The van der Waals surface area contributed by atoms with Crippen LogP contribution in [0.2, 0.25) is 0 Å². The summed E-state index contributed by atoms with van der Waals surface area (Å²) in [6, 6.07) is -0.238. The van der Waals surface area contributed by atoms with Crippen molar-refractivity contribution in [1.82, 2.24) is 25.1 Å². The summed E-state index contributed by atoms with van der Waals surface area (Å²) in [6.07, 6.45) is 6.87. The van der Waals surface area contributed by atoms with E-state index < -0.39 is 0 Å². The monoisotopic (exact) mass is 303 g/mol. The number of carbonyl (C=O) groups is 1. The van der Waals surface area contributed by atoms with Gasteiger partial charge in [0.05, 0.1) is 24.5 Å². The van der Waals surface area contributed by atoms with Gasteiger partial charge in [0.25, 0.3) is 11.5 Å². The summed E-state index contributed by atoms with van der Waals surface area (Å²) < 4.78 is 1.67. The normalized spacial score (nSPS) is 21.9. The molecule has 0 radical (unpaired) electrons. The third kappa shape index (κ3) is 2.91. The number of hydrogen-bond acceptors (Lipinski definition) is 5. The number of nitrogens with one attached hydrogen (secondary N) is 2. The molecule has 1 aliphatic carbocycles. The van der Waals surface area contributed by atoms with Crippen molar-refractivity contribution < 1.29 is 9.90 Å². The van der Waals surface area contributed by atoms with E-state index in [1.807, 2.05) is 13.2 Å². The zero-order valence-corrected chi connectivity index (χ0v) is 12.1. The Bertz CT molecular complexity index is 712. The van der Waals surface area contributed by atoms with Crippen molar-refractivity contribution in [2.75, 3.05) is 0 Å². The van der Waals surface area contributed by atoms with Crippen molar-refractivity contribution >= 4 is 5.91 Å².